The van der Waals surface area contributed by atoms with Crippen LogP contribution in [0.25, 0.3) is 0 Å². The molecule has 0 radical (unpaired) electrons. The molecule has 1 aromatic rings. The minimum atomic E-state index is 0.133. The van der Waals surface area contributed by atoms with Crippen LogP contribution in [0.4, 0.5) is 11.8 Å². The third-order valence-electron chi connectivity index (χ3n) is 1.71. The second-order valence-electron chi connectivity index (χ2n) is 2.66. The maximum Gasteiger partial charge on any atom is 0.224 e. The Bertz CT molecular complexity index is 386. The first-order valence-corrected chi connectivity index (χ1v) is 4.31. The zero-order valence-electron chi connectivity index (χ0n) is 8.30. The summed E-state index contributed by atoms with van der Waals surface area (Å²) in [4.78, 5) is 9.65. The molecule has 1 heterocycles. The number of aromatic nitrogens is 2. The fraction of sp³-hybridized carbons (Fsp3) is 0.333. The van der Waals surface area contributed by atoms with Crippen molar-refractivity contribution in [2.75, 3.05) is 30.4 Å². The van der Waals surface area contributed by atoms with Crippen LogP contribution >= 0.6 is 0 Å². The number of anilines is 2. The highest BCUT2D eigenvalue weighted by atomic mass is 15.2. The molecule has 6 nitrogen and oxygen atoms in total. The van der Waals surface area contributed by atoms with Gasteiger partial charge in [0.25, 0.3) is 0 Å². The summed E-state index contributed by atoms with van der Waals surface area (Å²) in [5.74, 6) is 1.03. The molecule has 0 aromatic carbocycles. The average Bonchev–Trinajstić information content (AvgIpc) is 2.29. The molecule has 1 rings (SSSR count). The lowest BCUT2D eigenvalue weighted by Gasteiger charge is -2.16. The molecule has 6 heteroatoms. The van der Waals surface area contributed by atoms with Crippen molar-refractivity contribution in [3.05, 3.63) is 12.3 Å². The first-order valence-electron chi connectivity index (χ1n) is 4.31. The van der Waals surface area contributed by atoms with Gasteiger partial charge in [0.2, 0.25) is 5.95 Å². The second-order valence-corrected chi connectivity index (χ2v) is 2.66. The van der Waals surface area contributed by atoms with Gasteiger partial charge in [0.1, 0.15) is 18.9 Å². The summed E-state index contributed by atoms with van der Waals surface area (Å²) in [6, 6.07) is 5.63. The van der Waals surface area contributed by atoms with E-state index < -0.39 is 0 Å². The van der Waals surface area contributed by atoms with Crippen molar-refractivity contribution in [2.45, 2.75) is 0 Å². The fourth-order valence-corrected chi connectivity index (χ4v) is 1.03. The first kappa shape index (κ1) is 10.7. The van der Waals surface area contributed by atoms with Gasteiger partial charge in [-0.2, -0.15) is 15.5 Å². The minimum absolute atomic E-state index is 0.133. The van der Waals surface area contributed by atoms with Crippen LogP contribution in [-0.2, 0) is 0 Å². The molecular weight excluding hydrogens is 192 g/mol. The maximum atomic E-state index is 8.59. The quantitative estimate of drug-likeness (QED) is 0.709. The Morgan fingerprint density at radius 1 is 1.40 bits per heavy atom. The Morgan fingerprint density at radius 3 is 2.60 bits per heavy atom. The predicted octanol–water partition coefficient (Wildman–Crippen LogP) is 0.372. The number of nitrogens with zero attached hydrogens (tertiary/aromatic N) is 5. The van der Waals surface area contributed by atoms with Crippen LogP contribution in [0.15, 0.2) is 12.3 Å². The van der Waals surface area contributed by atoms with Gasteiger partial charge in [-0.3, -0.25) is 0 Å². The average molecular weight is 202 g/mol. The number of hydrogen-bond donors (Lipinski definition) is 1. The van der Waals surface area contributed by atoms with Gasteiger partial charge in [0.05, 0.1) is 12.1 Å². The smallest absolute Gasteiger partial charge is 0.224 e. The molecule has 0 atom stereocenters. The van der Waals surface area contributed by atoms with Gasteiger partial charge in [-0.1, -0.05) is 0 Å². The normalized spacial score (nSPS) is 8.73. The summed E-state index contributed by atoms with van der Waals surface area (Å²) in [6.45, 7) is 0.265. The van der Waals surface area contributed by atoms with E-state index >= 15 is 0 Å². The highest BCUT2D eigenvalue weighted by molar-refractivity contribution is 5.44. The van der Waals surface area contributed by atoms with Gasteiger partial charge >= 0.3 is 0 Å². The molecule has 0 aliphatic heterocycles. The topological polar surface area (TPSA) is 88.6 Å². The molecule has 15 heavy (non-hydrogen) atoms. The van der Waals surface area contributed by atoms with Crippen LogP contribution in [0.1, 0.15) is 0 Å². The molecule has 0 saturated carbocycles. The molecule has 0 saturated heterocycles. The van der Waals surface area contributed by atoms with Gasteiger partial charge in [0.15, 0.2) is 0 Å². The molecule has 0 aliphatic carbocycles. The summed E-state index contributed by atoms with van der Waals surface area (Å²) in [5, 5.41) is 20.0. The van der Waals surface area contributed by atoms with E-state index in [0.29, 0.717) is 11.8 Å². The van der Waals surface area contributed by atoms with Crippen molar-refractivity contribution in [3.8, 4) is 12.1 Å². The fourth-order valence-electron chi connectivity index (χ4n) is 1.03. The van der Waals surface area contributed by atoms with Gasteiger partial charge < -0.3 is 10.2 Å². The molecule has 0 aliphatic rings. The van der Waals surface area contributed by atoms with Crippen LogP contribution in [0.2, 0.25) is 0 Å². The van der Waals surface area contributed by atoms with E-state index in [-0.39, 0.29) is 13.1 Å². The monoisotopic (exact) mass is 202 g/mol. The van der Waals surface area contributed by atoms with Gasteiger partial charge in [-0.15, -0.1) is 0 Å². The molecule has 76 valence electrons. The predicted molar refractivity (Wildman–Crippen MR) is 55.0 cm³/mol. The van der Waals surface area contributed by atoms with Gasteiger partial charge in [0, 0.05) is 13.2 Å². The molecular formula is C9H10N6. The van der Waals surface area contributed by atoms with E-state index in [0.717, 1.165) is 0 Å². The highest BCUT2D eigenvalue weighted by Gasteiger charge is 2.07. The maximum absolute atomic E-state index is 8.59. The molecule has 0 bridgehead atoms. The van der Waals surface area contributed by atoms with Crippen LogP contribution in [0, 0.1) is 22.7 Å². The number of nitriles is 2. The highest BCUT2D eigenvalue weighted by Crippen LogP contribution is 2.10. The second kappa shape index (κ2) is 5.40. The first-order chi connectivity index (χ1) is 7.31. The van der Waals surface area contributed by atoms with E-state index in [1.807, 2.05) is 12.1 Å². The van der Waals surface area contributed by atoms with E-state index in [2.05, 4.69) is 15.3 Å². The Labute approximate surface area is 87.8 Å². The summed E-state index contributed by atoms with van der Waals surface area (Å²) < 4.78 is 0. The van der Waals surface area contributed by atoms with Gasteiger partial charge in [-0.05, 0) is 6.07 Å². The standard InChI is InChI=1S/C9H10N6/c1-12-9-13-5-2-8(14-9)15(6-3-10)7-4-11/h2,5H,6-7H2,1H3,(H,12,13,14). The van der Waals surface area contributed by atoms with Crippen molar-refractivity contribution in [1.82, 2.24) is 9.97 Å². The molecule has 0 spiro atoms. The molecule has 1 aromatic heterocycles. The third kappa shape index (κ3) is 2.82. The number of hydrogen-bond acceptors (Lipinski definition) is 6. The summed E-state index contributed by atoms with van der Waals surface area (Å²) in [6.07, 6.45) is 1.58. The zero-order chi connectivity index (χ0) is 11.1. The van der Waals surface area contributed by atoms with Gasteiger partial charge in [-0.25, -0.2) is 4.98 Å². The molecule has 0 unspecified atom stereocenters. The largest absolute Gasteiger partial charge is 0.357 e. The lowest BCUT2D eigenvalue weighted by atomic mass is 10.4. The van der Waals surface area contributed by atoms with Crippen molar-refractivity contribution in [3.63, 3.8) is 0 Å². The SMILES string of the molecule is CNc1nccc(N(CC#N)CC#N)n1. The number of nitrogens with one attached hydrogen (secondary N) is 1. The summed E-state index contributed by atoms with van der Waals surface area (Å²) >= 11 is 0. The van der Waals surface area contributed by atoms with Crippen molar-refractivity contribution < 1.29 is 0 Å². The Morgan fingerprint density at radius 2 is 2.07 bits per heavy atom. The van der Waals surface area contributed by atoms with Crippen LogP contribution in [0.5, 0.6) is 0 Å². The summed E-state index contributed by atoms with van der Waals surface area (Å²) in [5.41, 5.74) is 0. The Balaban J connectivity index is 2.91. The van der Waals surface area contributed by atoms with E-state index in [1.165, 1.54) is 0 Å². The van der Waals surface area contributed by atoms with Crippen molar-refractivity contribution in [2.24, 2.45) is 0 Å². The van der Waals surface area contributed by atoms with Crippen molar-refractivity contribution >= 4 is 11.8 Å². The van der Waals surface area contributed by atoms with E-state index in [9.17, 15) is 0 Å². The Hall–Kier alpha value is -2.34. The Kier molecular flexibility index (Phi) is 3.87. The lowest BCUT2D eigenvalue weighted by molar-refractivity contribution is 0.927. The number of rotatable bonds is 4. The lowest BCUT2D eigenvalue weighted by Crippen LogP contribution is -2.25. The third-order valence-corrected chi connectivity index (χ3v) is 1.71. The van der Waals surface area contributed by atoms with Crippen LogP contribution in [-0.4, -0.2) is 30.1 Å². The zero-order valence-corrected chi connectivity index (χ0v) is 8.30. The summed E-state index contributed by atoms with van der Waals surface area (Å²) in [7, 11) is 1.71. The molecule has 1 N–H and O–H groups in total. The van der Waals surface area contributed by atoms with E-state index in [1.54, 1.807) is 24.2 Å². The van der Waals surface area contributed by atoms with Crippen molar-refractivity contribution in [1.29, 1.82) is 10.5 Å². The van der Waals surface area contributed by atoms with E-state index in [4.69, 9.17) is 10.5 Å². The minimum Gasteiger partial charge on any atom is -0.357 e. The van der Waals surface area contributed by atoms with Crippen LogP contribution in [0.3, 0.4) is 0 Å². The molecule has 0 fully saturated rings. The van der Waals surface area contributed by atoms with Crippen LogP contribution < -0.4 is 10.2 Å². The molecule has 0 amide bonds.